The summed E-state index contributed by atoms with van der Waals surface area (Å²) < 4.78 is 1.69. The van der Waals surface area contributed by atoms with Gasteiger partial charge in [0.25, 0.3) is 0 Å². The average Bonchev–Trinajstić information content (AvgIpc) is 2.73. The maximum Gasteiger partial charge on any atom is 0.111 e. The summed E-state index contributed by atoms with van der Waals surface area (Å²) in [5, 5.41) is 21.9. The number of hydrogen-bond donors (Lipinski definition) is 2. The molecule has 2 atom stereocenters. The summed E-state index contributed by atoms with van der Waals surface area (Å²) >= 11 is 0. The molecule has 2 bridgehead atoms. The van der Waals surface area contributed by atoms with Crippen LogP contribution in [-0.2, 0) is 12.6 Å². The van der Waals surface area contributed by atoms with Crippen LogP contribution < -0.4 is 5.32 Å². The topological polar surface area (TPSA) is 63.0 Å². The van der Waals surface area contributed by atoms with E-state index in [-0.39, 0.29) is 0 Å². The Hall–Kier alpha value is -0.940. The molecule has 0 saturated carbocycles. The van der Waals surface area contributed by atoms with E-state index < -0.39 is 5.60 Å². The molecule has 1 aromatic heterocycles. The molecule has 2 aliphatic heterocycles. The summed E-state index contributed by atoms with van der Waals surface area (Å²) in [5.41, 5.74) is 0.121. The third kappa shape index (κ3) is 1.38. The van der Waals surface area contributed by atoms with Crippen molar-refractivity contribution < 1.29 is 5.11 Å². The number of aryl methyl sites for hydroxylation is 1. The van der Waals surface area contributed by atoms with Gasteiger partial charge in [0.15, 0.2) is 0 Å². The van der Waals surface area contributed by atoms with E-state index in [1.54, 1.807) is 10.9 Å². The number of hydrogen-bond acceptors (Lipinski definition) is 4. The highest BCUT2D eigenvalue weighted by Gasteiger charge is 2.45. The predicted octanol–water partition coefficient (Wildman–Crippen LogP) is -0.0829. The lowest BCUT2D eigenvalue weighted by molar-refractivity contribution is -0.0183. The minimum absolute atomic E-state index is 0.462. The van der Waals surface area contributed by atoms with Gasteiger partial charge < -0.3 is 10.4 Å². The van der Waals surface area contributed by atoms with Crippen LogP contribution in [0.1, 0.15) is 31.4 Å². The second-order valence-electron chi connectivity index (χ2n) is 4.82. The van der Waals surface area contributed by atoms with Gasteiger partial charge in [-0.05, 0) is 25.7 Å². The number of rotatable bonds is 1. The summed E-state index contributed by atoms with van der Waals surface area (Å²) in [7, 11) is 1.84. The minimum Gasteiger partial charge on any atom is -0.383 e. The number of nitrogens with zero attached hydrogens (tertiary/aromatic N) is 3. The molecule has 0 aromatic carbocycles. The summed E-state index contributed by atoms with van der Waals surface area (Å²) in [4.78, 5) is 0. The maximum atomic E-state index is 10.7. The molecule has 3 heterocycles. The zero-order chi connectivity index (χ0) is 10.5. The van der Waals surface area contributed by atoms with E-state index >= 15 is 0 Å². The molecule has 0 radical (unpaired) electrons. The van der Waals surface area contributed by atoms with Gasteiger partial charge in [0.1, 0.15) is 5.60 Å². The van der Waals surface area contributed by atoms with Crippen molar-refractivity contribution in [1.29, 1.82) is 0 Å². The van der Waals surface area contributed by atoms with Crippen molar-refractivity contribution in [2.24, 2.45) is 7.05 Å². The second kappa shape index (κ2) is 3.02. The van der Waals surface area contributed by atoms with Gasteiger partial charge in [-0.15, -0.1) is 5.10 Å². The fraction of sp³-hybridized carbons (Fsp3) is 0.800. The minimum atomic E-state index is -0.727. The highest BCUT2D eigenvalue weighted by atomic mass is 16.3. The second-order valence-corrected chi connectivity index (χ2v) is 4.82. The Morgan fingerprint density at radius 3 is 2.67 bits per heavy atom. The van der Waals surface area contributed by atoms with E-state index in [4.69, 9.17) is 0 Å². The van der Waals surface area contributed by atoms with Crippen LogP contribution in [-0.4, -0.2) is 32.2 Å². The number of nitrogens with one attached hydrogen (secondary N) is 1. The molecule has 15 heavy (non-hydrogen) atoms. The summed E-state index contributed by atoms with van der Waals surface area (Å²) in [6.07, 6.45) is 5.61. The molecule has 1 aromatic rings. The van der Waals surface area contributed by atoms with E-state index in [0.29, 0.717) is 12.1 Å². The van der Waals surface area contributed by atoms with Crippen LogP contribution in [0.2, 0.25) is 0 Å². The van der Waals surface area contributed by atoms with Crippen molar-refractivity contribution >= 4 is 0 Å². The van der Waals surface area contributed by atoms with Gasteiger partial charge in [-0.2, -0.15) is 0 Å². The normalized spacial score (nSPS) is 39.6. The van der Waals surface area contributed by atoms with Crippen molar-refractivity contribution in [2.75, 3.05) is 0 Å². The molecule has 2 saturated heterocycles. The molecular weight excluding hydrogens is 192 g/mol. The molecule has 0 aliphatic carbocycles. The van der Waals surface area contributed by atoms with Crippen molar-refractivity contribution in [3.05, 3.63) is 11.9 Å². The van der Waals surface area contributed by atoms with Crippen LogP contribution in [0.25, 0.3) is 0 Å². The van der Waals surface area contributed by atoms with Gasteiger partial charge in [0.2, 0.25) is 0 Å². The van der Waals surface area contributed by atoms with Crippen LogP contribution in [0.3, 0.4) is 0 Å². The Kier molecular flexibility index (Phi) is 1.87. The van der Waals surface area contributed by atoms with E-state index in [0.717, 1.165) is 18.5 Å². The SMILES string of the molecule is Cn1nncc1C1(O)CC2CCC(C1)N2. The van der Waals surface area contributed by atoms with Gasteiger partial charge >= 0.3 is 0 Å². The van der Waals surface area contributed by atoms with Crippen molar-refractivity contribution in [3.8, 4) is 0 Å². The van der Waals surface area contributed by atoms with Crippen molar-refractivity contribution in [1.82, 2.24) is 20.3 Å². The van der Waals surface area contributed by atoms with Gasteiger partial charge in [-0.25, -0.2) is 4.68 Å². The van der Waals surface area contributed by atoms with Gasteiger partial charge in [-0.1, -0.05) is 5.21 Å². The molecule has 5 heteroatoms. The first-order valence-electron chi connectivity index (χ1n) is 5.51. The van der Waals surface area contributed by atoms with Crippen LogP contribution in [0.15, 0.2) is 6.20 Å². The van der Waals surface area contributed by atoms with Crippen LogP contribution in [0.4, 0.5) is 0 Å². The lowest BCUT2D eigenvalue weighted by Crippen LogP contribution is -2.47. The Morgan fingerprint density at radius 2 is 2.13 bits per heavy atom. The number of aliphatic hydroxyl groups is 1. The fourth-order valence-corrected chi connectivity index (χ4v) is 3.04. The molecule has 2 N–H and O–H groups in total. The smallest absolute Gasteiger partial charge is 0.111 e. The van der Waals surface area contributed by atoms with E-state index in [1.165, 1.54) is 12.8 Å². The first-order chi connectivity index (χ1) is 7.17. The zero-order valence-corrected chi connectivity index (χ0v) is 8.85. The third-order valence-electron chi connectivity index (χ3n) is 3.69. The van der Waals surface area contributed by atoms with Crippen molar-refractivity contribution in [3.63, 3.8) is 0 Å². The lowest BCUT2D eigenvalue weighted by Gasteiger charge is -2.36. The Labute approximate surface area is 88.5 Å². The van der Waals surface area contributed by atoms with E-state index in [2.05, 4.69) is 15.6 Å². The first-order valence-corrected chi connectivity index (χ1v) is 5.51. The van der Waals surface area contributed by atoms with Crippen LogP contribution in [0.5, 0.6) is 0 Å². The molecule has 3 rings (SSSR count). The Morgan fingerprint density at radius 1 is 1.47 bits per heavy atom. The zero-order valence-electron chi connectivity index (χ0n) is 8.85. The molecule has 2 fully saturated rings. The van der Waals surface area contributed by atoms with Gasteiger partial charge in [0, 0.05) is 19.1 Å². The summed E-state index contributed by atoms with van der Waals surface area (Å²) in [5.74, 6) is 0. The van der Waals surface area contributed by atoms with Crippen LogP contribution in [0, 0.1) is 0 Å². The summed E-state index contributed by atoms with van der Waals surface area (Å²) in [6.45, 7) is 0. The van der Waals surface area contributed by atoms with Gasteiger partial charge in [-0.3, -0.25) is 0 Å². The third-order valence-corrected chi connectivity index (χ3v) is 3.69. The average molecular weight is 208 g/mol. The molecular formula is C10H16N4O. The monoisotopic (exact) mass is 208 g/mol. The molecule has 0 amide bonds. The Bertz CT molecular complexity index is 363. The lowest BCUT2D eigenvalue weighted by atomic mass is 9.85. The molecule has 2 aliphatic rings. The highest BCUT2D eigenvalue weighted by Crippen LogP contribution is 2.39. The Balaban J connectivity index is 1.94. The van der Waals surface area contributed by atoms with Gasteiger partial charge in [0.05, 0.1) is 11.9 Å². The number of aromatic nitrogens is 3. The van der Waals surface area contributed by atoms with E-state index in [1.807, 2.05) is 7.05 Å². The number of piperidine rings is 1. The van der Waals surface area contributed by atoms with E-state index in [9.17, 15) is 5.11 Å². The highest BCUT2D eigenvalue weighted by molar-refractivity contribution is 5.13. The largest absolute Gasteiger partial charge is 0.383 e. The quantitative estimate of drug-likeness (QED) is 0.677. The van der Waals surface area contributed by atoms with Crippen molar-refractivity contribution in [2.45, 2.75) is 43.4 Å². The summed E-state index contributed by atoms with van der Waals surface area (Å²) in [6, 6.07) is 0.923. The maximum absolute atomic E-state index is 10.7. The first kappa shape index (κ1) is 9.30. The van der Waals surface area contributed by atoms with Crippen LogP contribution >= 0.6 is 0 Å². The molecule has 0 spiro atoms. The molecule has 5 nitrogen and oxygen atoms in total. The number of fused-ring (bicyclic) bond motifs is 2. The molecule has 82 valence electrons. The molecule has 2 unspecified atom stereocenters. The predicted molar refractivity (Wildman–Crippen MR) is 54.1 cm³/mol. The fourth-order valence-electron chi connectivity index (χ4n) is 3.04. The standard InChI is InChI=1S/C10H16N4O/c1-14-9(6-11-13-14)10(15)4-7-2-3-8(5-10)12-7/h6-8,12,15H,2-5H2,1H3.